The number of benzene rings is 2. The molecule has 0 bridgehead atoms. The van der Waals surface area contributed by atoms with Gasteiger partial charge < -0.3 is 15.2 Å². The zero-order valence-corrected chi connectivity index (χ0v) is 15.2. The van der Waals surface area contributed by atoms with Crippen LogP contribution in [0, 0.1) is 4.77 Å². The van der Waals surface area contributed by atoms with Crippen molar-refractivity contribution in [2.45, 2.75) is 13.3 Å². The Bertz CT molecular complexity index is 1250. The minimum atomic E-state index is -0.128. The van der Waals surface area contributed by atoms with Crippen LogP contribution in [0.2, 0.25) is 0 Å². The summed E-state index contributed by atoms with van der Waals surface area (Å²) in [5, 5.41) is 27.2. The fourth-order valence-electron chi connectivity index (χ4n) is 2.87. The molecule has 7 nitrogen and oxygen atoms in total. The number of phenolic OH excluding ortho intramolecular Hbond substituents is 2. The molecular weight excluding hydrogens is 372 g/mol. The molecule has 0 spiro atoms. The molecule has 0 atom stereocenters. The summed E-state index contributed by atoms with van der Waals surface area (Å²) in [7, 11) is 0. The predicted octanol–water partition coefficient (Wildman–Crippen LogP) is 3.47. The van der Waals surface area contributed by atoms with E-state index in [1.165, 1.54) is 6.07 Å². The van der Waals surface area contributed by atoms with Gasteiger partial charge in [-0.1, -0.05) is 18.3 Å². The second-order valence-corrected chi connectivity index (χ2v) is 7.14. The van der Waals surface area contributed by atoms with E-state index in [1.807, 2.05) is 19.1 Å². The third kappa shape index (κ3) is 2.61. The summed E-state index contributed by atoms with van der Waals surface area (Å²) in [4.78, 5) is 14.2. The number of hydrogen-bond acceptors (Lipinski definition) is 6. The van der Waals surface area contributed by atoms with E-state index in [9.17, 15) is 15.0 Å². The zero-order valence-electron chi connectivity index (χ0n) is 13.6. The van der Waals surface area contributed by atoms with Gasteiger partial charge in [-0.05, 0) is 48.5 Å². The smallest absolute Gasteiger partial charge is 0.305 e. The van der Waals surface area contributed by atoms with Crippen molar-refractivity contribution in [2.75, 3.05) is 0 Å². The summed E-state index contributed by atoms with van der Waals surface area (Å²) in [5.41, 5.74) is 2.61. The van der Waals surface area contributed by atoms with Crippen LogP contribution < -0.4 is 4.87 Å². The topological polar surface area (TPSA) is 107 Å². The molecule has 0 aliphatic carbocycles. The molecule has 2 heterocycles. The monoisotopic (exact) mass is 386 g/mol. The molecule has 4 aromatic rings. The normalized spacial score (nSPS) is 11.3. The third-order valence-corrected chi connectivity index (χ3v) is 5.27. The van der Waals surface area contributed by atoms with E-state index in [2.05, 4.69) is 15.2 Å². The van der Waals surface area contributed by atoms with E-state index >= 15 is 0 Å². The Morgan fingerprint density at radius 2 is 2.04 bits per heavy atom. The fraction of sp³-hybridized carbons (Fsp3) is 0.118. The summed E-state index contributed by atoms with van der Waals surface area (Å²) in [5.74, 6) is 0.361. The lowest BCUT2D eigenvalue weighted by atomic mass is 10.1. The molecule has 132 valence electrons. The van der Waals surface area contributed by atoms with Crippen molar-refractivity contribution >= 4 is 33.8 Å². The van der Waals surface area contributed by atoms with Gasteiger partial charge in [0.1, 0.15) is 11.5 Å². The maximum absolute atomic E-state index is 11.5. The van der Waals surface area contributed by atoms with Gasteiger partial charge in [0.25, 0.3) is 0 Å². The van der Waals surface area contributed by atoms with Gasteiger partial charge in [-0.3, -0.25) is 14.5 Å². The van der Waals surface area contributed by atoms with Crippen molar-refractivity contribution in [2.24, 2.45) is 0 Å². The number of aryl methyl sites for hydroxylation is 1. The van der Waals surface area contributed by atoms with E-state index in [0.29, 0.717) is 33.8 Å². The van der Waals surface area contributed by atoms with Crippen LogP contribution in [0.5, 0.6) is 11.5 Å². The number of fused-ring (bicyclic) bond motifs is 1. The SMILES string of the molecule is CCc1cc(-c2n[nH]c(=S)n2-c2ccc3[nH]c(=O)sc3c2)c(O)cc1O. The maximum Gasteiger partial charge on any atom is 0.305 e. The Morgan fingerprint density at radius 1 is 1.23 bits per heavy atom. The van der Waals surface area contributed by atoms with Crippen molar-refractivity contribution in [3.8, 4) is 28.6 Å². The molecule has 0 amide bonds. The maximum atomic E-state index is 11.5. The molecule has 4 rings (SSSR count). The van der Waals surface area contributed by atoms with Gasteiger partial charge in [-0.2, -0.15) is 5.10 Å². The van der Waals surface area contributed by atoms with Crippen molar-refractivity contribution in [3.63, 3.8) is 0 Å². The second-order valence-electron chi connectivity index (χ2n) is 5.73. The van der Waals surface area contributed by atoms with Crippen molar-refractivity contribution in [1.29, 1.82) is 0 Å². The molecule has 2 aromatic heterocycles. The van der Waals surface area contributed by atoms with E-state index in [1.54, 1.807) is 16.7 Å². The van der Waals surface area contributed by atoms with E-state index in [-0.39, 0.29) is 16.4 Å². The van der Waals surface area contributed by atoms with Gasteiger partial charge in [-0.15, -0.1) is 0 Å². The van der Waals surface area contributed by atoms with Crippen LogP contribution in [0.3, 0.4) is 0 Å². The molecule has 0 fully saturated rings. The van der Waals surface area contributed by atoms with Crippen molar-refractivity contribution in [1.82, 2.24) is 19.7 Å². The number of nitrogens with zero attached hydrogens (tertiary/aromatic N) is 2. The standard InChI is InChI=1S/C17H14N4O3S2/c1-2-8-5-10(13(23)7-12(8)22)15-19-20-16(25)21(15)9-3-4-11-14(6-9)26-17(24)18-11/h3-7,22-23H,2H2,1H3,(H,18,24)(H,20,25). The molecular formula is C17H14N4O3S2. The summed E-state index contributed by atoms with van der Waals surface area (Å²) in [6.07, 6.45) is 0.605. The lowest BCUT2D eigenvalue weighted by Crippen LogP contribution is -1.98. The average molecular weight is 386 g/mol. The van der Waals surface area contributed by atoms with Crippen LogP contribution in [0.4, 0.5) is 0 Å². The molecule has 0 saturated heterocycles. The molecule has 0 aliphatic heterocycles. The molecule has 26 heavy (non-hydrogen) atoms. The van der Waals surface area contributed by atoms with Crippen LogP contribution >= 0.6 is 23.6 Å². The minimum Gasteiger partial charge on any atom is -0.508 e. The quantitative estimate of drug-likeness (QED) is 0.403. The lowest BCUT2D eigenvalue weighted by Gasteiger charge is -2.11. The highest BCUT2D eigenvalue weighted by molar-refractivity contribution is 7.71. The van der Waals surface area contributed by atoms with Crippen molar-refractivity contribution < 1.29 is 10.2 Å². The first-order valence-corrected chi connectivity index (χ1v) is 9.06. The van der Waals surface area contributed by atoms with Crippen LogP contribution in [0.15, 0.2) is 35.1 Å². The Morgan fingerprint density at radius 3 is 2.81 bits per heavy atom. The number of aromatic nitrogens is 4. The summed E-state index contributed by atoms with van der Waals surface area (Å²) in [6.45, 7) is 1.91. The summed E-state index contributed by atoms with van der Waals surface area (Å²) in [6, 6.07) is 8.45. The van der Waals surface area contributed by atoms with Gasteiger partial charge in [0, 0.05) is 6.07 Å². The Balaban J connectivity index is 1.96. The predicted molar refractivity (Wildman–Crippen MR) is 103 cm³/mol. The van der Waals surface area contributed by atoms with E-state index < -0.39 is 0 Å². The summed E-state index contributed by atoms with van der Waals surface area (Å²) >= 11 is 6.47. The molecule has 0 aliphatic rings. The number of H-pyrrole nitrogens is 2. The first-order valence-electron chi connectivity index (χ1n) is 7.84. The van der Waals surface area contributed by atoms with E-state index in [4.69, 9.17) is 12.2 Å². The zero-order chi connectivity index (χ0) is 18.4. The van der Waals surface area contributed by atoms with Crippen LogP contribution in [0.1, 0.15) is 12.5 Å². The Hall–Kier alpha value is -2.91. The largest absolute Gasteiger partial charge is 0.508 e. The number of aromatic amines is 2. The van der Waals surface area contributed by atoms with Gasteiger partial charge in [0.05, 0.1) is 21.5 Å². The number of rotatable bonds is 3. The van der Waals surface area contributed by atoms with Gasteiger partial charge >= 0.3 is 4.87 Å². The number of thiazole rings is 1. The number of hydrogen-bond donors (Lipinski definition) is 4. The lowest BCUT2D eigenvalue weighted by molar-refractivity contribution is 0.447. The first-order chi connectivity index (χ1) is 12.5. The second kappa shape index (κ2) is 6.11. The van der Waals surface area contributed by atoms with Gasteiger partial charge in [-0.25, -0.2) is 0 Å². The van der Waals surface area contributed by atoms with Crippen LogP contribution in [-0.2, 0) is 6.42 Å². The number of nitrogens with one attached hydrogen (secondary N) is 2. The molecule has 0 radical (unpaired) electrons. The molecule has 9 heteroatoms. The van der Waals surface area contributed by atoms with Gasteiger partial charge in [0.2, 0.25) is 0 Å². The number of aromatic hydroxyl groups is 2. The number of phenols is 2. The first kappa shape index (κ1) is 16.6. The third-order valence-electron chi connectivity index (χ3n) is 4.15. The molecule has 2 aromatic carbocycles. The van der Waals surface area contributed by atoms with Gasteiger partial charge in [0.15, 0.2) is 10.6 Å². The van der Waals surface area contributed by atoms with Crippen LogP contribution in [-0.4, -0.2) is 30.0 Å². The van der Waals surface area contributed by atoms with E-state index in [0.717, 1.165) is 21.6 Å². The minimum absolute atomic E-state index is 0.0351. The average Bonchev–Trinajstić information content (AvgIpc) is 3.16. The highest BCUT2D eigenvalue weighted by Crippen LogP contribution is 2.35. The fourth-order valence-corrected chi connectivity index (χ4v) is 3.88. The highest BCUT2D eigenvalue weighted by Gasteiger charge is 2.17. The molecule has 0 saturated carbocycles. The Kier molecular flexibility index (Phi) is 3.89. The van der Waals surface area contributed by atoms with Crippen LogP contribution in [0.25, 0.3) is 27.3 Å². The highest BCUT2D eigenvalue weighted by atomic mass is 32.1. The Labute approximate surface area is 156 Å². The molecule has 0 unspecified atom stereocenters. The summed E-state index contributed by atoms with van der Waals surface area (Å²) < 4.78 is 2.84. The molecule has 4 N–H and O–H groups in total. The van der Waals surface area contributed by atoms with Crippen molar-refractivity contribution in [3.05, 3.63) is 50.3 Å².